The Hall–Kier alpha value is -0.172. The van der Waals surface area contributed by atoms with Gasteiger partial charge in [-0.25, -0.2) is 0 Å². The summed E-state index contributed by atoms with van der Waals surface area (Å²) in [6.45, 7) is 0. The number of hydrogen-bond acceptors (Lipinski definition) is 1. The molecule has 0 bridgehead atoms. The van der Waals surface area contributed by atoms with Gasteiger partial charge < -0.3 is 0 Å². The Kier molecular flexibility index (Phi) is 4.54. The summed E-state index contributed by atoms with van der Waals surface area (Å²) in [4.78, 5) is 0. The molecule has 0 saturated carbocycles. The van der Waals surface area contributed by atoms with Gasteiger partial charge in [-0.2, -0.15) is 0 Å². The van der Waals surface area contributed by atoms with Gasteiger partial charge in [-0.15, -0.1) is 12.4 Å². The van der Waals surface area contributed by atoms with Crippen molar-refractivity contribution in [2.75, 3.05) is 0 Å². The van der Waals surface area contributed by atoms with Crippen molar-refractivity contribution < 1.29 is 7.84 Å². The molecule has 1 N–H and O–H groups in total. The summed E-state index contributed by atoms with van der Waals surface area (Å²) in [7, 11) is 0. The van der Waals surface area contributed by atoms with Crippen molar-refractivity contribution in [3.63, 3.8) is 0 Å². The molecule has 0 aliphatic rings. The van der Waals surface area contributed by atoms with Crippen LogP contribution in [0.15, 0.2) is 30.3 Å². The van der Waals surface area contributed by atoms with E-state index in [9.17, 15) is 3.74 Å². The summed E-state index contributed by atoms with van der Waals surface area (Å²) in [5.41, 5.74) is 0. The average Bonchev–Trinajstić information content (AvgIpc) is 1.90. The van der Waals surface area contributed by atoms with E-state index in [1.165, 1.54) is 0 Å². The summed E-state index contributed by atoms with van der Waals surface area (Å²) in [6, 6.07) is 8.68. The molecule has 0 spiro atoms. The number of hydrogen-bond donors (Lipinski definition) is 1. The van der Waals surface area contributed by atoms with Gasteiger partial charge >= 0.3 is 57.5 Å². The van der Waals surface area contributed by atoms with Crippen LogP contribution in [0.2, 0.25) is 0 Å². The number of benzene rings is 1. The van der Waals surface area contributed by atoms with Crippen LogP contribution < -0.4 is 4.35 Å². The molecule has 4 heteroatoms. The zero-order valence-electron chi connectivity index (χ0n) is 5.15. The van der Waals surface area contributed by atoms with E-state index >= 15 is 0 Å². The molecule has 0 radical (unpaired) electrons. The van der Waals surface area contributed by atoms with Crippen molar-refractivity contribution >= 4 is 31.7 Å². The number of halogens is 1. The molecule has 56 valence electrons. The zero-order valence-corrected chi connectivity index (χ0v) is 8.07. The Labute approximate surface area is 70.1 Å². The first-order valence-corrected chi connectivity index (χ1v) is 5.43. The van der Waals surface area contributed by atoms with Crippen LogP contribution in [0, 0.1) is 0 Å². The third-order valence-electron chi connectivity index (χ3n) is 1.02. The van der Waals surface area contributed by atoms with Crippen LogP contribution >= 0.6 is 12.4 Å². The van der Waals surface area contributed by atoms with Crippen LogP contribution in [0.5, 0.6) is 0 Å². The fraction of sp³-hybridized carbons (Fsp3) is 0. The van der Waals surface area contributed by atoms with E-state index in [4.69, 9.17) is 4.10 Å². The van der Waals surface area contributed by atoms with E-state index in [2.05, 4.69) is 0 Å². The molecule has 1 rings (SSSR count). The molecule has 0 fully saturated rings. The second kappa shape index (κ2) is 4.61. The average molecular weight is 223 g/mol. The molecule has 1 atom stereocenters. The molecular formula is C6H8AsClO2. The Balaban J connectivity index is 0.000000810. The van der Waals surface area contributed by atoms with Crippen molar-refractivity contribution in [2.24, 2.45) is 0 Å². The summed E-state index contributed by atoms with van der Waals surface area (Å²) in [5, 5.41) is 0. The van der Waals surface area contributed by atoms with Gasteiger partial charge in [0, 0.05) is 0 Å². The Morgan fingerprint density at radius 2 is 1.70 bits per heavy atom. The first kappa shape index (κ1) is 9.83. The van der Waals surface area contributed by atoms with Gasteiger partial charge in [0.2, 0.25) is 0 Å². The fourth-order valence-electron chi connectivity index (χ4n) is 0.581. The predicted octanol–water partition coefficient (Wildman–Crippen LogP) is -0.0413. The summed E-state index contributed by atoms with van der Waals surface area (Å²) in [5.74, 6) is 0. The van der Waals surface area contributed by atoms with Gasteiger partial charge in [0.05, 0.1) is 0 Å². The van der Waals surface area contributed by atoms with Crippen molar-refractivity contribution in [1.82, 2.24) is 0 Å². The van der Waals surface area contributed by atoms with Gasteiger partial charge in [-0.05, 0) is 0 Å². The Bertz CT molecular complexity index is 212. The maximum atomic E-state index is 10.5. The minimum atomic E-state index is -3.02. The van der Waals surface area contributed by atoms with Crippen molar-refractivity contribution in [3.8, 4) is 0 Å². The summed E-state index contributed by atoms with van der Waals surface area (Å²) >= 11 is -3.02. The van der Waals surface area contributed by atoms with Gasteiger partial charge in [-0.1, -0.05) is 0 Å². The molecule has 2 nitrogen and oxygen atoms in total. The molecule has 0 aromatic heterocycles. The predicted molar refractivity (Wildman–Crippen MR) is 43.4 cm³/mol. The van der Waals surface area contributed by atoms with E-state index < -0.39 is 14.9 Å². The summed E-state index contributed by atoms with van der Waals surface area (Å²) < 4.78 is 19.7. The molecule has 1 unspecified atom stereocenters. The summed E-state index contributed by atoms with van der Waals surface area (Å²) in [6.07, 6.45) is 0. The van der Waals surface area contributed by atoms with Crippen LogP contribution in [0.1, 0.15) is 0 Å². The van der Waals surface area contributed by atoms with Gasteiger partial charge in [0.1, 0.15) is 0 Å². The van der Waals surface area contributed by atoms with E-state index in [-0.39, 0.29) is 12.4 Å². The van der Waals surface area contributed by atoms with Gasteiger partial charge in [0.25, 0.3) is 0 Å². The topological polar surface area (TPSA) is 37.3 Å². The molecule has 0 aliphatic heterocycles. The van der Waals surface area contributed by atoms with E-state index in [0.717, 1.165) is 0 Å². The molecule has 0 saturated heterocycles. The maximum absolute atomic E-state index is 10.5. The fourth-order valence-corrected chi connectivity index (χ4v) is 1.58. The van der Waals surface area contributed by atoms with Crippen molar-refractivity contribution in [3.05, 3.63) is 30.3 Å². The number of rotatable bonds is 1. The van der Waals surface area contributed by atoms with Crippen LogP contribution in [0.3, 0.4) is 0 Å². The van der Waals surface area contributed by atoms with Crippen molar-refractivity contribution in [1.29, 1.82) is 0 Å². The monoisotopic (exact) mass is 222 g/mol. The quantitative estimate of drug-likeness (QED) is 0.677. The van der Waals surface area contributed by atoms with Gasteiger partial charge in [-0.3, -0.25) is 0 Å². The molecular weight excluding hydrogens is 214 g/mol. The van der Waals surface area contributed by atoms with Crippen LogP contribution in [0.25, 0.3) is 0 Å². The second-order valence-electron chi connectivity index (χ2n) is 1.67. The molecule has 0 heterocycles. The van der Waals surface area contributed by atoms with Crippen LogP contribution in [-0.2, 0) is 3.74 Å². The molecule has 0 amide bonds. The minimum absolute atomic E-state index is 0. The van der Waals surface area contributed by atoms with Crippen molar-refractivity contribution in [2.45, 2.75) is 0 Å². The second-order valence-corrected chi connectivity index (χ2v) is 4.16. The molecule has 10 heavy (non-hydrogen) atoms. The normalized spacial score (nSPS) is 11.7. The first-order chi connectivity index (χ1) is 4.30. The SMILES string of the molecule is Cl.O=[AsH](O)c1ccccc1. The van der Waals surface area contributed by atoms with E-state index in [1.54, 1.807) is 24.3 Å². The molecule has 0 aliphatic carbocycles. The first-order valence-electron chi connectivity index (χ1n) is 2.59. The standard InChI is InChI=1S/C6H7AsO2.ClH/c8-7(9)6-4-2-1-3-5-6;/h1-5,7H,(H,8,9);1H. The molecule has 1 aromatic carbocycles. The molecule has 1 aromatic rings. The Morgan fingerprint density at radius 3 is 2.00 bits per heavy atom. The van der Waals surface area contributed by atoms with E-state index in [0.29, 0.717) is 4.35 Å². The zero-order chi connectivity index (χ0) is 6.69. The van der Waals surface area contributed by atoms with E-state index in [1.807, 2.05) is 6.07 Å². The van der Waals surface area contributed by atoms with Gasteiger partial charge in [0.15, 0.2) is 0 Å². The van der Waals surface area contributed by atoms with Crippen LogP contribution in [-0.4, -0.2) is 19.0 Å². The Morgan fingerprint density at radius 1 is 1.20 bits per heavy atom. The third-order valence-corrected chi connectivity index (χ3v) is 2.76. The third kappa shape index (κ3) is 2.61. The van der Waals surface area contributed by atoms with Crippen LogP contribution in [0.4, 0.5) is 0 Å².